The lowest BCUT2D eigenvalue weighted by molar-refractivity contribution is -0.134. The molecule has 0 saturated carbocycles. The minimum Gasteiger partial charge on any atom is -0.427 e. The number of ether oxygens (including phenoxy) is 1. The van der Waals surface area contributed by atoms with Crippen molar-refractivity contribution in [3.63, 3.8) is 0 Å². The van der Waals surface area contributed by atoms with E-state index >= 15 is 0 Å². The van der Waals surface area contributed by atoms with Crippen LogP contribution in [0, 0.1) is 11.3 Å². The molecule has 0 aliphatic rings. The van der Waals surface area contributed by atoms with Gasteiger partial charge in [-0.25, -0.2) is 9.97 Å². The van der Waals surface area contributed by atoms with Crippen molar-refractivity contribution in [1.29, 1.82) is 5.26 Å². The van der Waals surface area contributed by atoms with Gasteiger partial charge in [-0.1, -0.05) is 62.6 Å². The number of carbonyl (C=O) groups excluding carboxylic acids is 1. The molecule has 3 aromatic rings. The third-order valence-corrected chi connectivity index (χ3v) is 4.62. The zero-order valence-electron chi connectivity index (χ0n) is 16.5. The third-order valence-electron chi connectivity index (χ3n) is 4.62. The van der Waals surface area contributed by atoms with Gasteiger partial charge in [-0.3, -0.25) is 4.79 Å². The second-order valence-corrected chi connectivity index (χ2v) is 6.79. The Morgan fingerprint density at radius 3 is 1.97 bits per heavy atom. The van der Waals surface area contributed by atoms with Crippen LogP contribution in [0.15, 0.2) is 60.9 Å². The first kappa shape index (κ1) is 20.2. The van der Waals surface area contributed by atoms with Gasteiger partial charge >= 0.3 is 5.97 Å². The predicted molar refractivity (Wildman–Crippen MR) is 112 cm³/mol. The largest absolute Gasteiger partial charge is 0.427 e. The molecule has 0 unspecified atom stereocenters. The second-order valence-electron chi connectivity index (χ2n) is 6.79. The number of carbonyl (C=O) groups is 1. The van der Waals surface area contributed by atoms with Crippen molar-refractivity contribution in [2.24, 2.45) is 0 Å². The minimum absolute atomic E-state index is 0.159. The molecular formula is C24H23N3O2. The molecule has 0 amide bonds. The van der Waals surface area contributed by atoms with Gasteiger partial charge in [0.15, 0.2) is 0 Å². The average Bonchev–Trinajstić information content (AvgIpc) is 2.77. The molecule has 3 rings (SSSR count). The van der Waals surface area contributed by atoms with Crippen molar-refractivity contribution in [1.82, 2.24) is 9.97 Å². The molecule has 5 heteroatoms. The molecule has 0 fully saturated rings. The Hall–Kier alpha value is -3.52. The van der Waals surface area contributed by atoms with Crippen LogP contribution in [0.2, 0.25) is 0 Å². The van der Waals surface area contributed by atoms with Gasteiger partial charge in [0.25, 0.3) is 0 Å². The molecule has 2 aromatic carbocycles. The maximum absolute atomic E-state index is 11.9. The first-order chi connectivity index (χ1) is 14.2. The Morgan fingerprint density at radius 2 is 1.41 bits per heavy atom. The molecule has 0 bridgehead atoms. The fraction of sp³-hybridized carbons (Fsp3) is 0.250. The van der Waals surface area contributed by atoms with Gasteiger partial charge in [0.2, 0.25) is 5.82 Å². The Balaban J connectivity index is 1.61. The molecule has 0 spiro atoms. The molecule has 1 heterocycles. The summed E-state index contributed by atoms with van der Waals surface area (Å²) in [6.45, 7) is 2.15. The number of unbranched alkanes of at least 4 members (excludes halogenated alkanes) is 3. The zero-order valence-corrected chi connectivity index (χ0v) is 16.5. The van der Waals surface area contributed by atoms with E-state index in [0.717, 1.165) is 47.9 Å². The lowest BCUT2D eigenvalue weighted by atomic mass is 10.0. The van der Waals surface area contributed by atoms with Crippen LogP contribution in [0.25, 0.3) is 22.3 Å². The van der Waals surface area contributed by atoms with Gasteiger partial charge in [-0.2, -0.15) is 5.26 Å². The predicted octanol–water partition coefficient (Wildman–Crippen LogP) is 5.56. The maximum atomic E-state index is 11.9. The highest BCUT2D eigenvalue weighted by atomic mass is 16.5. The van der Waals surface area contributed by atoms with Gasteiger partial charge in [-0.05, 0) is 35.2 Å². The molecule has 0 saturated heterocycles. The van der Waals surface area contributed by atoms with Crippen LogP contribution in [0.3, 0.4) is 0 Å². The van der Waals surface area contributed by atoms with Crippen LogP contribution < -0.4 is 4.74 Å². The number of nitrogens with zero attached hydrogens (tertiary/aromatic N) is 3. The second kappa shape index (κ2) is 10.1. The van der Waals surface area contributed by atoms with Crippen LogP contribution in [-0.2, 0) is 4.79 Å². The Labute approximate surface area is 171 Å². The average molecular weight is 385 g/mol. The van der Waals surface area contributed by atoms with Crippen molar-refractivity contribution in [3.05, 3.63) is 66.7 Å². The Morgan fingerprint density at radius 1 is 0.862 bits per heavy atom. The van der Waals surface area contributed by atoms with E-state index < -0.39 is 0 Å². The maximum Gasteiger partial charge on any atom is 0.311 e. The quantitative estimate of drug-likeness (QED) is 0.288. The number of esters is 1. The van der Waals surface area contributed by atoms with Crippen molar-refractivity contribution in [2.75, 3.05) is 0 Å². The van der Waals surface area contributed by atoms with E-state index in [9.17, 15) is 4.79 Å². The van der Waals surface area contributed by atoms with Crippen molar-refractivity contribution in [3.8, 4) is 34.1 Å². The first-order valence-electron chi connectivity index (χ1n) is 9.83. The van der Waals surface area contributed by atoms with E-state index in [-0.39, 0.29) is 11.8 Å². The van der Waals surface area contributed by atoms with E-state index in [0.29, 0.717) is 12.2 Å². The summed E-state index contributed by atoms with van der Waals surface area (Å²) in [7, 11) is 0. The van der Waals surface area contributed by atoms with Crippen molar-refractivity contribution >= 4 is 5.97 Å². The topological polar surface area (TPSA) is 75.9 Å². The number of hydrogen-bond acceptors (Lipinski definition) is 5. The summed E-state index contributed by atoms with van der Waals surface area (Å²) < 4.78 is 5.41. The highest BCUT2D eigenvalue weighted by molar-refractivity contribution is 5.73. The molecule has 5 nitrogen and oxygen atoms in total. The van der Waals surface area contributed by atoms with Crippen molar-refractivity contribution in [2.45, 2.75) is 39.0 Å². The monoisotopic (exact) mass is 385 g/mol. The molecule has 0 atom stereocenters. The number of nitriles is 1. The molecule has 0 aliphatic carbocycles. The molecule has 0 radical (unpaired) electrons. The number of aromatic nitrogens is 2. The summed E-state index contributed by atoms with van der Waals surface area (Å²) in [6.07, 6.45) is 7.99. The number of hydrogen-bond donors (Lipinski definition) is 0. The SMILES string of the molecule is CCCCCCC(=O)Oc1ccc(-c2ccc(-c3cnc(C#N)nc3)cc2)cc1. The Kier molecular flexibility index (Phi) is 7.07. The summed E-state index contributed by atoms with van der Waals surface area (Å²) in [4.78, 5) is 19.9. The minimum atomic E-state index is -0.178. The highest BCUT2D eigenvalue weighted by Gasteiger charge is 2.06. The van der Waals surface area contributed by atoms with Gasteiger partial charge in [0, 0.05) is 24.4 Å². The van der Waals surface area contributed by atoms with Crippen LogP contribution in [0.5, 0.6) is 5.75 Å². The van der Waals surface area contributed by atoms with E-state index in [4.69, 9.17) is 10.00 Å². The van der Waals surface area contributed by atoms with Gasteiger partial charge in [-0.15, -0.1) is 0 Å². The lowest BCUT2D eigenvalue weighted by Gasteiger charge is -2.07. The lowest BCUT2D eigenvalue weighted by Crippen LogP contribution is -2.07. The van der Waals surface area contributed by atoms with Crippen LogP contribution in [0.4, 0.5) is 0 Å². The summed E-state index contributed by atoms with van der Waals surface area (Å²) >= 11 is 0. The number of benzene rings is 2. The molecule has 1 aromatic heterocycles. The third kappa shape index (κ3) is 5.73. The zero-order chi connectivity index (χ0) is 20.5. The highest BCUT2D eigenvalue weighted by Crippen LogP contribution is 2.26. The fourth-order valence-corrected chi connectivity index (χ4v) is 2.98. The smallest absolute Gasteiger partial charge is 0.311 e. The molecule has 29 heavy (non-hydrogen) atoms. The summed E-state index contributed by atoms with van der Waals surface area (Å²) in [5, 5.41) is 8.78. The van der Waals surface area contributed by atoms with Gasteiger partial charge in [0.1, 0.15) is 11.8 Å². The molecule has 0 N–H and O–H groups in total. The van der Waals surface area contributed by atoms with E-state index in [1.165, 1.54) is 0 Å². The summed E-state index contributed by atoms with van der Waals surface area (Å²) in [6, 6.07) is 17.5. The summed E-state index contributed by atoms with van der Waals surface area (Å²) in [5.74, 6) is 0.551. The summed E-state index contributed by atoms with van der Waals surface area (Å²) in [5.41, 5.74) is 3.93. The fourth-order valence-electron chi connectivity index (χ4n) is 2.98. The van der Waals surface area contributed by atoms with Crippen molar-refractivity contribution < 1.29 is 9.53 Å². The van der Waals surface area contributed by atoms with E-state index in [2.05, 4.69) is 16.9 Å². The van der Waals surface area contributed by atoms with Crippen LogP contribution >= 0.6 is 0 Å². The standard InChI is InChI=1S/C24H23N3O2/c1-2-3-4-5-6-24(28)29-22-13-11-19(12-14-22)18-7-9-20(10-8-18)21-16-26-23(15-25)27-17-21/h7-14,16-17H,2-6H2,1H3. The van der Waals surface area contributed by atoms with Crippen LogP contribution in [-0.4, -0.2) is 15.9 Å². The van der Waals surface area contributed by atoms with Crippen LogP contribution in [0.1, 0.15) is 44.9 Å². The number of rotatable bonds is 8. The van der Waals surface area contributed by atoms with Gasteiger partial charge < -0.3 is 4.74 Å². The van der Waals surface area contributed by atoms with E-state index in [1.807, 2.05) is 54.6 Å². The first-order valence-corrected chi connectivity index (χ1v) is 9.83. The Bertz CT molecular complexity index is 973. The molecule has 0 aliphatic heterocycles. The molecular weight excluding hydrogens is 362 g/mol. The normalized spacial score (nSPS) is 10.3. The van der Waals surface area contributed by atoms with Gasteiger partial charge in [0.05, 0.1) is 0 Å². The molecule has 146 valence electrons. The van der Waals surface area contributed by atoms with E-state index in [1.54, 1.807) is 12.4 Å².